The van der Waals surface area contributed by atoms with Crippen LogP contribution in [0.4, 0.5) is 0 Å². The smallest absolute Gasteiger partial charge is 0.251 e. The number of carbonyl (C=O) groups is 1. The molecule has 0 aromatic heterocycles. The summed E-state index contributed by atoms with van der Waals surface area (Å²) in [4.78, 5) is 15.6. The third-order valence-corrected chi connectivity index (χ3v) is 9.44. The molecule has 35 heavy (non-hydrogen) atoms. The van der Waals surface area contributed by atoms with Crippen LogP contribution in [0.3, 0.4) is 0 Å². The summed E-state index contributed by atoms with van der Waals surface area (Å²) in [6.07, 6.45) is 4.89. The van der Waals surface area contributed by atoms with E-state index in [-0.39, 0.29) is 36.1 Å². The minimum atomic E-state index is -0.946. The number of ether oxygens (including phenoxy) is 1. The van der Waals surface area contributed by atoms with E-state index in [1.54, 1.807) is 30.3 Å². The summed E-state index contributed by atoms with van der Waals surface area (Å²) in [5.41, 5.74) is 1.11. The van der Waals surface area contributed by atoms with Gasteiger partial charge in [-0.25, -0.2) is 0 Å². The van der Waals surface area contributed by atoms with Crippen molar-refractivity contribution >= 4 is 29.9 Å². The first-order valence-corrected chi connectivity index (χ1v) is 12.8. The Morgan fingerprint density at radius 3 is 2.66 bits per heavy atom. The highest BCUT2D eigenvalue weighted by Gasteiger charge is 2.73. The van der Waals surface area contributed by atoms with E-state index in [0.29, 0.717) is 29.2 Å². The van der Waals surface area contributed by atoms with Crippen molar-refractivity contribution in [3.63, 3.8) is 0 Å². The molecule has 0 radical (unpaired) electrons. The molecule has 3 fully saturated rings. The summed E-state index contributed by atoms with van der Waals surface area (Å²) in [5.74, 6) is 1.19. The van der Waals surface area contributed by atoms with Crippen LogP contribution < -0.4 is 10.1 Å². The van der Waals surface area contributed by atoms with Crippen molar-refractivity contribution < 1.29 is 19.7 Å². The van der Waals surface area contributed by atoms with Gasteiger partial charge in [0, 0.05) is 28.7 Å². The Bertz CT molecular complexity index is 1190. The van der Waals surface area contributed by atoms with Gasteiger partial charge in [-0.2, -0.15) is 0 Å². The topological polar surface area (TPSA) is 82.0 Å². The van der Waals surface area contributed by atoms with E-state index >= 15 is 0 Å². The number of rotatable bonds is 4. The van der Waals surface area contributed by atoms with Crippen LogP contribution in [0.2, 0.25) is 5.02 Å². The largest absolute Gasteiger partial charge is 0.504 e. The molecule has 2 saturated carbocycles. The first-order chi connectivity index (χ1) is 16.4. The number of likely N-dealkylation sites (tertiary alicyclic amines) is 1. The highest BCUT2D eigenvalue weighted by atomic mass is 35.5. The number of aromatic hydroxyl groups is 1. The Morgan fingerprint density at radius 2 is 1.91 bits per heavy atom. The Morgan fingerprint density at radius 1 is 1.14 bits per heavy atom. The standard InChI is InChI=1S/C27H29ClN2O4.ClH/c28-18-6-3-16(4-7-18)25(32)29-19-9-10-27(33)21-13-17-5-8-20(31)23-22(17)26(27,24(19)34-23)11-12-30(21)14-15-1-2-15;/h3-8,15,19,21,24,31,33H,1-2,9-14H2,(H,29,32);1H/t19-,21-,24+,26?,27-;/m1./s1. The number of phenolic OH excluding ortho intramolecular Hbond substituents is 1. The van der Waals surface area contributed by atoms with E-state index in [2.05, 4.69) is 10.2 Å². The maximum Gasteiger partial charge on any atom is 0.251 e. The summed E-state index contributed by atoms with van der Waals surface area (Å²) in [7, 11) is 0. The van der Waals surface area contributed by atoms with Gasteiger partial charge in [0.25, 0.3) is 5.91 Å². The lowest BCUT2D eigenvalue weighted by molar-refractivity contribution is -0.191. The van der Waals surface area contributed by atoms with Gasteiger partial charge >= 0.3 is 0 Å². The van der Waals surface area contributed by atoms with Crippen LogP contribution in [0.25, 0.3) is 0 Å². The third kappa shape index (κ3) is 3.19. The third-order valence-electron chi connectivity index (χ3n) is 9.19. The van der Waals surface area contributed by atoms with Crippen LogP contribution in [0.15, 0.2) is 36.4 Å². The van der Waals surface area contributed by atoms with Crippen LogP contribution >= 0.6 is 24.0 Å². The van der Waals surface area contributed by atoms with E-state index in [9.17, 15) is 15.0 Å². The Balaban J connectivity index is 0.00000229. The molecular weight excluding hydrogens is 487 g/mol. The zero-order valence-corrected chi connectivity index (χ0v) is 20.9. The molecule has 2 aliphatic heterocycles. The number of piperidine rings is 1. The van der Waals surface area contributed by atoms with Gasteiger partial charge in [-0.05, 0) is 86.9 Å². The Labute approximate surface area is 216 Å². The predicted molar refractivity (Wildman–Crippen MR) is 135 cm³/mol. The van der Waals surface area contributed by atoms with E-state index in [0.717, 1.165) is 43.0 Å². The molecule has 7 rings (SSSR count). The van der Waals surface area contributed by atoms with Crippen molar-refractivity contribution in [2.45, 2.75) is 67.7 Å². The van der Waals surface area contributed by atoms with Crippen LogP contribution in [0.5, 0.6) is 11.5 Å². The van der Waals surface area contributed by atoms with Gasteiger partial charge in [0.1, 0.15) is 6.10 Å². The number of nitrogens with zero attached hydrogens (tertiary/aromatic N) is 1. The molecule has 5 atom stereocenters. The summed E-state index contributed by atoms with van der Waals surface area (Å²) in [6, 6.07) is 10.3. The number of hydrogen-bond acceptors (Lipinski definition) is 5. The molecule has 2 heterocycles. The number of halogens is 2. The van der Waals surface area contributed by atoms with E-state index in [4.69, 9.17) is 16.3 Å². The molecule has 2 bridgehead atoms. The summed E-state index contributed by atoms with van der Waals surface area (Å²) < 4.78 is 6.51. The highest BCUT2D eigenvalue weighted by Crippen LogP contribution is 2.65. The molecule has 8 heteroatoms. The first kappa shape index (κ1) is 23.4. The van der Waals surface area contributed by atoms with Crippen LogP contribution in [-0.2, 0) is 11.8 Å². The van der Waals surface area contributed by atoms with E-state index in [1.807, 2.05) is 6.07 Å². The number of amides is 1. The number of carbonyl (C=O) groups excluding carboxylic acids is 1. The quantitative estimate of drug-likeness (QED) is 0.575. The Hall–Kier alpha value is -1.99. The van der Waals surface area contributed by atoms with Gasteiger partial charge in [-0.3, -0.25) is 9.69 Å². The Kier molecular flexibility index (Phi) is 5.35. The van der Waals surface area contributed by atoms with Crippen LogP contribution in [-0.4, -0.2) is 57.9 Å². The van der Waals surface area contributed by atoms with Crippen molar-refractivity contribution in [2.75, 3.05) is 13.1 Å². The van der Waals surface area contributed by atoms with E-state index < -0.39 is 17.1 Å². The van der Waals surface area contributed by atoms with Crippen molar-refractivity contribution in [1.82, 2.24) is 10.2 Å². The van der Waals surface area contributed by atoms with Crippen LogP contribution in [0.1, 0.15) is 53.6 Å². The molecule has 186 valence electrons. The van der Waals surface area contributed by atoms with Gasteiger partial charge in [-0.1, -0.05) is 17.7 Å². The molecular formula is C27H30Cl2N2O4. The second-order valence-electron chi connectivity index (χ2n) is 10.9. The lowest BCUT2D eigenvalue weighted by Gasteiger charge is -2.64. The molecule has 1 amide bonds. The predicted octanol–water partition coefficient (Wildman–Crippen LogP) is 3.83. The SMILES string of the molecule is Cl.O=C(N[C@@H]1CC[C@@]2(O)[C@H]3Cc4ccc(O)c5c4C2(CCN3CC2CC2)[C@H]1O5)c1ccc(Cl)cc1. The van der Waals surface area contributed by atoms with Gasteiger partial charge < -0.3 is 20.3 Å². The number of benzene rings is 2. The molecule has 3 aliphatic carbocycles. The van der Waals surface area contributed by atoms with Crippen LogP contribution in [0, 0.1) is 5.92 Å². The molecule has 6 nitrogen and oxygen atoms in total. The monoisotopic (exact) mass is 516 g/mol. The number of nitrogens with one attached hydrogen (secondary N) is 1. The molecule has 3 N–H and O–H groups in total. The normalized spacial score (nSPS) is 34.4. The zero-order valence-electron chi connectivity index (χ0n) is 19.4. The second-order valence-corrected chi connectivity index (χ2v) is 11.4. The molecule has 1 spiro atoms. The lowest BCUT2D eigenvalue weighted by Crippen LogP contribution is -2.78. The number of phenols is 1. The summed E-state index contributed by atoms with van der Waals surface area (Å²) in [6.45, 7) is 1.95. The van der Waals surface area contributed by atoms with Crippen molar-refractivity contribution in [1.29, 1.82) is 0 Å². The summed E-state index contributed by atoms with van der Waals surface area (Å²) in [5, 5.41) is 27.0. The van der Waals surface area contributed by atoms with E-state index in [1.165, 1.54) is 12.8 Å². The summed E-state index contributed by atoms with van der Waals surface area (Å²) >= 11 is 6.00. The molecule has 2 aromatic rings. The van der Waals surface area contributed by atoms with Crippen molar-refractivity contribution in [3.05, 3.63) is 58.1 Å². The zero-order chi connectivity index (χ0) is 23.2. The minimum Gasteiger partial charge on any atom is -0.504 e. The van der Waals surface area contributed by atoms with Gasteiger partial charge in [0.15, 0.2) is 11.5 Å². The fourth-order valence-corrected chi connectivity index (χ4v) is 7.61. The molecule has 1 saturated heterocycles. The first-order valence-electron chi connectivity index (χ1n) is 12.5. The maximum atomic E-state index is 13.1. The molecule has 1 unspecified atom stereocenters. The molecule has 2 aromatic carbocycles. The molecule has 5 aliphatic rings. The van der Waals surface area contributed by atoms with Gasteiger partial charge in [0.2, 0.25) is 0 Å². The minimum absolute atomic E-state index is 0. The number of aliphatic hydroxyl groups is 1. The second kappa shape index (κ2) is 8.01. The van der Waals surface area contributed by atoms with Gasteiger partial charge in [-0.15, -0.1) is 12.4 Å². The van der Waals surface area contributed by atoms with Crippen molar-refractivity contribution in [2.24, 2.45) is 5.92 Å². The van der Waals surface area contributed by atoms with Crippen molar-refractivity contribution in [3.8, 4) is 11.5 Å². The number of hydrogen-bond donors (Lipinski definition) is 3. The van der Waals surface area contributed by atoms with Gasteiger partial charge in [0.05, 0.1) is 17.1 Å². The lowest BCUT2D eigenvalue weighted by atomic mass is 9.48. The highest BCUT2D eigenvalue weighted by molar-refractivity contribution is 6.30. The fraction of sp³-hybridized carbons (Fsp3) is 0.519. The average Bonchev–Trinajstić information content (AvgIpc) is 3.56. The average molecular weight is 517 g/mol. The fourth-order valence-electron chi connectivity index (χ4n) is 7.48. The maximum absolute atomic E-state index is 13.1.